The van der Waals surface area contributed by atoms with Gasteiger partial charge in [-0.1, -0.05) is 0 Å². The molecular weight excluding hydrogens is 481 g/mol. The van der Waals surface area contributed by atoms with Crippen LogP contribution < -0.4 is 10.5 Å². The van der Waals surface area contributed by atoms with Crippen molar-refractivity contribution < 1.29 is 17.9 Å². The Morgan fingerprint density at radius 3 is 2.73 bits per heavy atom. The van der Waals surface area contributed by atoms with Gasteiger partial charge in [-0.25, -0.2) is 18.2 Å². The monoisotopic (exact) mass is 506 g/mol. The highest BCUT2D eigenvalue weighted by Crippen LogP contribution is 2.52. The first kappa shape index (κ1) is 22.4. The van der Waals surface area contributed by atoms with Gasteiger partial charge in [0.1, 0.15) is 11.9 Å². The molecule has 1 unspecified atom stereocenters. The maximum Gasteiger partial charge on any atom is 0.252 e. The predicted octanol–water partition coefficient (Wildman–Crippen LogP) is 5.57. The molecule has 2 N–H and O–H groups in total. The SMILES string of the molecule is C[C@H]1Oc2cc(cnc2N)-c2c3c(nn2C2CC(F)(F)C2)CCC3c2cn(C)nc2-c2ccc(F)cc21. The molecule has 2 bridgehead atoms. The molecule has 190 valence electrons. The standard InChI is InChI=1S/C27H25F3N6O/c1-13-19-8-15(28)3-4-18(19)24-20(12-35(2)34-24)17-5-6-21-23(17)25(14-7-22(37-13)26(31)32-11-14)36(33-21)16-9-27(29,30)10-16/h3-4,7-8,11-13,16-17H,5-6,9-10H2,1-2H3,(H2,31,32)/t13-,17?/m1/s1. The molecule has 7 rings (SSSR count). The molecule has 4 aromatic rings. The van der Waals surface area contributed by atoms with Crippen LogP contribution in [0.15, 0.2) is 36.7 Å². The highest BCUT2D eigenvalue weighted by molar-refractivity contribution is 5.74. The number of pyridine rings is 1. The zero-order chi connectivity index (χ0) is 25.6. The summed E-state index contributed by atoms with van der Waals surface area (Å²) in [5, 5.41) is 9.65. The second-order valence-corrected chi connectivity index (χ2v) is 10.4. The van der Waals surface area contributed by atoms with Gasteiger partial charge in [0, 0.05) is 66.0 Å². The number of anilines is 1. The minimum Gasteiger partial charge on any atom is -0.482 e. The molecular formula is C27H25F3N6O. The molecule has 1 aromatic carbocycles. The lowest BCUT2D eigenvalue weighted by molar-refractivity contribution is -0.106. The first-order valence-corrected chi connectivity index (χ1v) is 12.4. The van der Waals surface area contributed by atoms with Gasteiger partial charge in [-0.2, -0.15) is 10.2 Å². The summed E-state index contributed by atoms with van der Waals surface area (Å²) in [6.07, 6.45) is 4.11. The lowest BCUT2D eigenvalue weighted by Crippen LogP contribution is -2.38. The Morgan fingerprint density at radius 2 is 1.95 bits per heavy atom. The number of nitrogens with two attached hydrogens (primary N) is 1. The van der Waals surface area contributed by atoms with Gasteiger partial charge in [0.15, 0.2) is 11.6 Å². The van der Waals surface area contributed by atoms with Gasteiger partial charge in [-0.05, 0) is 44.0 Å². The van der Waals surface area contributed by atoms with Gasteiger partial charge >= 0.3 is 0 Å². The molecule has 3 aromatic heterocycles. The number of aromatic nitrogens is 5. The van der Waals surface area contributed by atoms with Crippen LogP contribution >= 0.6 is 0 Å². The van der Waals surface area contributed by atoms with Crippen molar-refractivity contribution in [2.45, 2.75) is 56.6 Å². The van der Waals surface area contributed by atoms with Crippen LogP contribution in [0.1, 0.15) is 66.6 Å². The molecule has 1 aliphatic heterocycles. The molecule has 0 saturated heterocycles. The Hall–Kier alpha value is -3.82. The van der Waals surface area contributed by atoms with E-state index in [1.807, 2.05) is 20.2 Å². The second kappa shape index (κ2) is 7.60. The van der Waals surface area contributed by atoms with Crippen LogP contribution in [0, 0.1) is 5.82 Å². The van der Waals surface area contributed by atoms with Crippen LogP contribution in [0.25, 0.3) is 22.5 Å². The van der Waals surface area contributed by atoms with Crippen LogP contribution in [0.2, 0.25) is 0 Å². The molecule has 7 nitrogen and oxygen atoms in total. The molecule has 2 aliphatic carbocycles. The first-order valence-electron chi connectivity index (χ1n) is 12.4. The van der Waals surface area contributed by atoms with E-state index in [0.29, 0.717) is 16.9 Å². The molecule has 2 atom stereocenters. The smallest absolute Gasteiger partial charge is 0.252 e. The summed E-state index contributed by atoms with van der Waals surface area (Å²) < 4.78 is 52.1. The molecule has 10 heteroatoms. The quantitative estimate of drug-likeness (QED) is 0.365. The predicted molar refractivity (Wildman–Crippen MR) is 131 cm³/mol. The summed E-state index contributed by atoms with van der Waals surface area (Å²) in [6.45, 7) is 1.83. The third-order valence-corrected chi connectivity index (χ3v) is 7.85. The Kier molecular flexibility index (Phi) is 4.59. The molecule has 4 heterocycles. The van der Waals surface area contributed by atoms with Crippen molar-refractivity contribution in [2.75, 3.05) is 5.73 Å². The summed E-state index contributed by atoms with van der Waals surface area (Å²) in [6, 6.07) is 6.02. The van der Waals surface area contributed by atoms with E-state index >= 15 is 0 Å². The second-order valence-electron chi connectivity index (χ2n) is 10.4. The van der Waals surface area contributed by atoms with Crippen molar-refractivity contribution in [1.82, 2.24) is 24.5 Å². The van der Waals surface area contributed by atoms with Crippen molar-refractivity contribution in [3.05, 3.63) is 64.9 Å². The van der Waals surface area contributed by atoms with Gasteiger partial charge in [-0.15, -0.1) is 0 Å². The summed E-state index contributed by atoms with van der Waals surface area (Å²) >= 11 is 0. The largest absolute Gasteiger partial charge is 0.482 e. The molecule has 0 spiro atoms. The normalized spacial score (nSPS) is 21.6. The minimum atomic E-state index is -2.68. The number of nitrogen functional groups attached to an aromatic ring is 1. The Bertz CT molecular complexity index is 1570. The van der Waals surface area contributed by atoms with E-state index in [0.717, 1.165) is 46.6 Å². The number of rotatable bonds is 1. The van der Waals surface area contributed by atoms with Crippen LogP contribution in [0.5, 0.6) is 5.75 Å². The number of hydrogen-bond acceptors (Lipinski definition) is 5. The molecule has 1 fully saturated rings. The lowest BCUT2D eigenvalue weighted by atomic mass is 9.86. The zero-order valence-corrected chi connectivity index (χ0v) is 20.4. The molecule has 0 radical (unpaired) electrons. The number of hydrogen-bond donors (Lipinski definition) is 1. The fourth-order valence-electron chi connectivity index (χ4n) is 6.13. The van der Waals surface area contributed by atoms with Crippen LogP contribution in [-0.4, -0.2) is 30.5 Å². The number of ether oxygens (including phenoxy) is 1. The minimum absolute atomic E-state index is 0.0578. The van der Waals surface area contributed by atoms with Crippen molar-refractivity contribution in [2.24, 2.45) is 7.05 Å². The summed E-state index contributed by atoms with van der Waals surface area (Å²) in [7, 11) is 1.86. The number of fused-ring (bicyclic) bond motifs is 7. The fraction of sp³-hybridized carbons (Fsp3) is 0.370. The summed E-state index contributed by atoms with van der Waals surface area (Å²) in [5.41, 5.74) is 12.7. The molecule has 1 saturated carbocycles. The van der Waals surface area contributed by atoms with Gasteiger partial charge in [0.25, 0.3) is 5.92 Å². The number of aryl methyl sites for hydroxylation is 2. The highest BCUT2D eigenvalue weighted by atomic mass is 19.3. The van der Waals surface area contributed by atoms with Crippen molar-refractivity contribution >= 4 is 5.82 Å². The summed E-state index contributed by atoms with van der Waals surface area (Å²) in [4.78, 5) is 4.38. The average Bonchev–Trinajstić information content (AvgIpc) is 3.51. The van der Waals surface area contributed by atoms with Crippen molar-refractivity contribution in [3.63, 3.8) is 0 Å². The summed E-state index contributed by atoms with van der Waals surface area (Å²) in [5.74, 6) is -2.58. The van der Waals surface area contributed by atoms with E-state index in [1.54, 1.807) is 27.7 Å². The topological polar surface area (TPSA) is 83.8 Å². The van der Waals surface area contributed by atoms with Crippen LogP contribution in [0.3, 0.4) is 0 Å². The third kappa shape index (κ3) is 3.38. The number of alkyl halides is 2. The Labute approximate surface area is 211 Å². The van der Waals surface area contributed by atoms with Crippen LogP contribution in [-0.2, 0) is 13.5 Å². The molecule has 3 aliphatic rings. The zero-order valence-electron chi connectivity index (χ0n) is 20.4. The van der Waals surface area contributed by atoms with Crippen molar-refractivity contribution in [3.8, 4) is 28.3 Å². The fourth-order valence-corrected chi connectivity index (χ4v) is 6.13. The first-order chi connectivity index (χ1) is 17.7. The van der Waals surface area contributed by atoms with E-state index in [9.17, 15) is 13.2 Å². The average molecular weight is 507 g/mol. The van der Waals surface area contributed by atoms with Gasteiger partial charge in [0.05, 0.1) is 23.1 Å². The van der Waals surface area contributed by atoms with Crippen molar-refractivity contribution in [1.29, 1.82) is 0 Å². The number of nitrogens with zero attached hydrogens (tertiary/aromatic N) is 5. The number of halogens is 3. The van der Waals surface area contributed by atoms with E-state index in [-0.39, 0.29) is 30.4 Å². The van der Waals surface area contributed by atoms with E-state index < -0.39 is 18.1 Å². The van der Waals surface area contributed by atoms with E-state index in [1.165, 1.54) is 12.1 Å². The molecule has 37 heavy (non-hydrogen) atoms. The van der Waals surface area contributed by atoms with Gasteiger partial charge in [-0.3, -0.25) is 9.36 Å². The third-order valence-electron chi connectivity index (χ3n) is 7.85. The van der Waals surface area contributed by atoms with E-state index in [4.69, 9.17) is 20.7 Å². The van der Waals surface area contributed by atoms with Gasteiger partial charge in [0.2, 0.25) is 0 Å². The highest BCUT2D eigenvalue weighted by Gasteiger charge is 2.49. The van der Waals surface area contributed by atoms with E-state index in [2.05, 4.69) is 4.98 Å². The van der Waals surface area contributed by atoms with Crippen LogP contribution in [0.4, 0.5) is 19.0 Å². The Morgan fingerprint density at radius 1 is 1.14 bits per heavy atom. The molecule has 0 amide bonds. The maximum absolute atomic E-state index is 14.4. The van der Waals surface area contributed by atoms with Gasteiger partial charge < -0.3 is 10.5 Å². The maximum atomic E-state index is 14.4. The lowest BCUT2D eigenvalue weighted by Gasteiger charge is -2.36. The number of benzene rings is 1. The Balaban J connectivity index is 1.52.